The highest BCUT2D eigenvalue weighted by Gasteiger charge is 2.37. The molecule has 2 aromatic heterocycles. The minimum absolute atomic E-state index is 0.0618. The molecule has 0 bridgehead atoms. The van der Waals surface area contributed by atoms with Crippen LogP contribution in [-0.2, 0) is 17.2 Å². The van der Waals surface area contributed by atoms with Crippen molar-refractivity contribution in [2.45, 2.75) is 18.3 Å². The molecule has 0 aromatic carbocycles. The lowest BCUT2D eigenvalue weighted by Crippen LogP contribution is -2.42. The molecule has 1 fully saturated rings. The fourth-order valence-corrected chi connectivity index (χ4v) is 2.78. The first kappa shape index (κ1) is 11.6. The smallest absolute Gasteiger partial charge is 0.177 e. The van der Waals surface area contributed by atoms with Crippen LogP contribution in [0.5, 0.6) is 0 Å². The molecule has 0 saturated carbocycles. The lowest BCUT2D eigenvalue weighted by Gasteiger charge is -2.35. The number of aryl methyl sites for hydroxylation is 1. The van der Waals surface area contributed by atoms with Crippen LogP contribution in [0.15, 0.2) is 18.3 Å². The van der Waals surface area contributed by atoms with Gasteiger partial charge in [0.15, 0.2) is 5.65 Å². The molecule has 0 spiro atoms. The van der Waals surface area contributed by atoms with Crippen molar-refractivity contribution in [3.63, 3.8) is 0 Å². The predicted octanol–water partition coefficient (Wildman–Crippen LogP) is 0.975. The average molecular weight is 246 g/mol. The summed E-state index contributed by atoms with van der Waals surface area (Å²) in [4.78, 5) is 9.01. The van der Waals surface area contributed by atoms with E-state index in [2.05, 4.69) is 9.55 Å². The SMILES string of the molecule is Cn1c(C2(CN)CCOCC2)nc2ncccc21. The number of hydrogen-bond donors (Lipinski definition) is 1. The third-order valence-electron chi connectivity index (χ3n) is 3.97. The number of pyridine rings is 1. The first-order valence-electron chi connectivity index (χ1n) is 6.33. The Morgan fingerprint density at radius 2 is 2.22 bits per heavy atom. The minimum Gasteiger partial charge on any atom is -0.381 e. The molecule has 1 saturated heterocycles. The summed E-state index contributed by atoms with van der Waals surface area (Å²) in [6.07, 6.45) is 3.64. The van der Waals surface area contributed by atoms with Gasteiger partial charge in [-0.3, -0.25) is 0 Å². The summed E-state index contributed by atoms with van der Waals surface area (Å²) in [5.41, 5.74) is 7.83. The standard InChI is InChI=1S/C13H18N4O/c1-17-10-3-2-6-15-11(10)16-12(17)13(9-14)4-7-18-8-5-13/h2-3,6H,4-5,7-9,14H2,1H3. The summed E-state index contributed by atoms with van der Waals surface area (Å²) in [6.45, 7) is 2.12. The Morgan fingerprint density at radius 3 is 2.89 bits per heavy atom. The first-order chi connectivity index (χ1) is 8.77. The largest absolute Gasteiger partial charge is 0.381 e. The average Bonchev–Trinajstić information content (AvgIpc) is 2.78. The zero-order valence-electron chi connectivity index (χ0n) is 10.6. The molecule has 18 heavy (non-hydrogen) atoms. The van der Waals surface area contributed by atoms with Gasteiger partial charge in [-0.05, 0) is 25.0 Å². The minimum atomic E-state index is -0.0618. The molecule has 0 aliphatic carbocycles. The van der Waals surface area contributed by atoms with Crippen LogP contribution >= 0.6 is 0 Å². The fraction of sp³-hybridized carbons (Fsp3) is 0.538. The molecule has 96 valence electrons. The van der Waals surface area contributed by atoms with Crippen molar-refractivity contribution < 1.29 is 4.74 Å². The lowest BCUT2D eigenvalue weighted by molar-refractivity contribution is 0.0492. The van der Waals surface area contributed by atoms with E-state index >= 15 is 0 Å². The molecule has 1 aliphatic rings. The highest BCUT2D eigenvalue weighted by atomic mass is 16.5. The Labute approximate surface area is 106 Å². The molecule has 3 rings (SSSR count). The molecule has 0 unspecified atom stereocenters. The van der Waals surface area contributed by atoms with Gasteiger partial charge in [-0.25, -0.2) is 9.97 Å². The van der Waals surface area contributed by atoms with E-state index in [-0.39, 0.29) is 5.41 Å². The molecule has 5 nitrogen and oxygen atoms in total. The van der Waals surface area contributed by atoms with E-state index in [0.29, 0.717) is 6.54 Å². The monoisotopic (exact) mass is 246 g/mol. The van der Waals surface area contributed by atoms with Gasteiger partial charge in [0.2, 0.25) is 0 Å². The molecular formula is C13H18N4O. The highest BCUT2D eigenvalue weighted by Crippen LogP contribution is 2.34. The van der Waals surface area contributed by atoms with E-state index in [1.165, 1.54) is 0 Å². The zero-order valence-corrected chi connectivity index (χ0v) is 10.6. The van der Waals surface area contributed by atoms with E-state index in [9.17, 15) is 0 Å². The number of nitrogens with zero attached hydrogens (tertiary/aromatic N) is 3. The zero-order chi connectivity index (χ0) is 12.6. The van der Waals surface area contributed by atoms with Crippen molar-refractivity contribution in [1.29, 1.82) is 0 Å². The van der Waals surface area contributed by atoms with Gasteiger partial charge in [-0.1, -0.05) is 0 Å². The molecule has 0 radical (unpaired) electrons. The Morgan fingerprint density at radius 1 is 1.44 bits per heavy atom. The van der Waals surface area contributed by atoms with Crippen LogP contribution in [0, 0.1) is 0 Å². The Bertz CT molecular complexity index is 557. The van der Waals surface area contributed by atoms with Crippen molar-refractivity contribution in [2.75, 3.05) is 19.8 Å². The number of imidazole rings is 1. The van der Waals surface area contributed by atoms with Crippen molar-refractivity contribution >= 4 is 11.2 Å². The topological polar surface area (TPSA) is 66.0 Å². The third kappa shape index (κ3) is 1.62. The number of nitrogens with two attached hydrogens (primary N) is 1. The van der Waals surface area contributed by atoms with Crippen LogP contribution < -0.4 is 5.73 Å². The van der Waals surface area contributed by atoms with Gasteiger partial charge in [0, 0.05) is 38.4 Å². The van der Waals surface area contributed by atoms with Gasteiger partial charge < -0.3 is 15.0 Å². The van der Waals surface area contributed by atoms with Crippen LogP contribution in [0.1, 0.15) is 18.7 Å². The van der Waals surface area contributed by atoms with Gasteiger partial charge in [-0.15, -0.1) is 0 Å². The van der Waals surface area contributed by atoms with E-state index in [4.69, 9.17) is 15.5 Å². The van der Waals surface area contributed by atoms with Gasteiger partial charge in [0.25, 0.3) is 0 Å². The fourth-order valence-electron chi connectivity index (χ4n) is 2.78. The third-order valence-corrected chi connectivity index (χ3v) is 3.97. The van der Waals surface area contributed by atoms with E-state index in [1.54, 1.807) is 6.20 Å². The Kier molecular flexibility index (Phi) is 2.80. The molecule has 0 atom stereocenters. The summed E-state index contributed by atoms with van der Waals surface area (Å²) >= 11 is 0. The number of rotatable bonds is 2. The predicted molar refractivity (Wildman–Crippen MR) is 69.3 cm³/mol. The Hall–Kier alpha value is -1.46. The second-order valence-corrected chi connectivity index (χ2v) is 4.94. The summed E-state index contributed by atoms with van der Waals surface area (Å²) < 4.78 is 7.58. The molecule has 2 aromatic rings. The molecule has 2 N–H and O–H groups in total. The summed E-state index contributed by atoms with van der Waals surface area (Å²) in [7, 11) is 2.04. The number of hydrogen-bond acceptors (Lipinski definition) is 4. The summed E-state index contributed by atoms with van der Waals surface area (Å²) in [6, 6.07) is 3.98. The van der Waals surface area contributed by atoms with Crippen LogP contribution in [-0.4, -0.2) is 34.3 Å². The first-order valence-corrected chi connectivity index (χ1v) is 6.33. The van der Waals surface area contributed by atoms with Crippen LogP contribution in [0.4, 0.5) is 0 Å². The van der Waals surface area contributed by atoms with Crippen LogP contribution in [0.2, 0.25) is 0 Å². The van der Waals surface area contributed by atoms with E-state index in [1.807, 2.05) is 19.2 Å². The molecule has 0 amide bonds. The van der Waals surface area contributed by atoms with Gasteiger partial charge in [0.05, 0.1) is 5.52 Å². The number of aromatic nitrogens is 3. The molecule has 5 heteroatoms. The van der Waals surface area contributed by atoms with E-state index < -0.39 is 0 Å². The van der Waals surface area contributed by atoms with Crippen molar-refractivity contribution in [3.05, 3.63) is 24.2 Å². The molecular weight excluding hydrogens is 228 g/mol. The summed E-state index contributed by atoms with van der Waals surface area (Å²) in [5.74, 6) is 1.04. The van der Waals surface area contributed by atoms with E-state index in [0.717, 1.165) is 43.0 Å². The Balaban J connectivity index is 2.14. The van der Waals surface area contributed by atoms with Crippen molar-refractivity contribution in [2.24, 2.45) is 12.8 Å². The quantitative estimate of drug-likeness (QED) is 0.857. The maximum atomic E-state index is 6.03. The second-order valence-electron chi connectivity index (χ2n) is 4.94. The van der Waals surface area contributed by atoms with Gasteiger partial charge >= 0.3 is 0 Å². The van der Waals surface area contributed by atoms with Crippen LogP contribution in [0.25, 0.3) is 11.2 Å². The molecule has 1 aliphatic heterocycles. The molecule has 3 heterocycles. The second kappa shape index (κ2) is 4.33. The lowest BCUT2D eigenvalue weighted by atomic mass is 9.79. The van der Waals surface area contributed by atoms with Crippen LogP contribution in [0.3, 0.4) is 0 Å². The summed E-state index contributed by atoms with van der Waals surface area (Å²) in [5, 5.41) is 0. The number of ether oxygens (including phenoxy) is 1. The van der Waals surface area contributed by atoms with Crippen molar-refractivity contribution in [1.82, 2.24) is 14.5 Å². The maximum Gasteiger partial charge on any atom is 0.177 e. The van der Waals surface area contributed by atoms with Gasteiger partial charge in [0.1, 0.15) is 5.82 Å². The maximum absolute atomic E-state index is 6.03. The highest BCUT2D eigenvalue weighted by molar-refractivity contribution is 5.71. The normalized spacial score (nSPS) is 19.2. The van der Waals surface area contributed by atoms with Crippen molar-refractivity contribution in [3.8, 4) is 0 Å². The van der Waals surface area contributed by atoms with Gasteiger partial charge in [-0.2, -0.15) is 0 Å². The number of fused-ring (bicyclic) bond motifs is 1.